The fraction of sp³-hybridized carbons (Fsp3) is 0.292. The topological polar surface area (TPSA) is 61.4 Å². The van der Waals surface area contributed by atoms with Crippen LogP contribution in [0.15, 0.2) is 48.5 Å². The lowest BCUT2D eigenvalue weighted by Crippen LogP contribution is -2.50. The first-order valence-electron chi connectivity index (χ1n) is 10.5. The van der Waals surface area contributed by atoms with Crippen LogP contribution in [0.1, 0.15) is 22.6 Å². The number of aromatic nitrogens is 2. The summed E-state index contributed by atoms with van der Waals surface area (Å²) in [6, 6.07) is 13.6. The molecule has 3 aromatic rings. The second-order valence-corrected chi connectivity index (χ2v) is 8.32. The summed E-state index contributed by atoms with van der Waals surface area (Å²) < 4.78 is 13.7. The Kier molecular flexibility index (Phi) is 6.55. The third-order valence-corrected chi connectivity index (χ3v) is 5.75. The Balaban J connectivity index is 1.47. The van der Waals surface area contributed by atoms with Gasteiger partial charge in [-0.2, -0.15) is 0 Å². The largest absolute Gasteiger partial charge is 0.353 e. The molecule has 0 radical (unpaired) electrons. The van der Waals surface area contributed by atoms with E-state index in [1.54, 1.807) is 35.2 Å². The molecule has 0 aliphatic carbocycles. The summed E-state index contributed by atoms with van der Waals surface area (Å²) in [5.41, 5.74) is 3.42. The number of nitrogens with zero attached hydrogens (tertiary/aromatic N) is 4. The highest BCUT2D eigenvalue weighted by Crippen LogP contribution is 2.25. The molecule has 4 rings (SSSR count). The van der Waals surface area contributed by atoms with Crippen LogP contribution in [0.2, 0.25) is 5.02 Å². The van der Waals surface area contributed by atoms with E-state index in [1.165, 1.54) is 6.07 Å². The minimum Gasteiger partial charge on any atom is -0.353 e. The number of hydrogen-bond acceptors (Lipinski definition) is 4. The van der Waals surface area contributed by atoms with Crippen molar-refractivity contribution in [3.05, 3.63) is 82.0 Å². The van der Waals surface area contributed by atoms with Crippen molar-refractivity contribution in [1.29, 1.82) is 0 Å². The highest BCUT2D eigenvalue weighted by Gasteiger charge is 2.25. The van der Waals surface area contributed by atoms with E-state index in [9.17, 15) is 9.18 Å². The molecule has 0 unspecified atom stereocenters. The van der Waals surface area contributed by atoms with Crippen molar-refractivity contribution in [3.8, 4) is 0 Å². The number of carbonyl (C=O) groups excluding carboxylic acids is 1. The molecule has 32 heavy (non-hydrogen) atoms. The van der Waals surface area contributed by atoms with E-state index in [4.69, 9.17) is 16.6 Å². The molecule has 0 bridgehead atoms. The van der Waals surface area contributed by atoms with Gasteiger partial charge in [0, 0.05) is 54.6 Å². The second-order valence-electron chi connectivity index (χ2n) is 7.88. The van der Waals surface area contributed by atoms with Crippen molar-refractivity contribution in [2.24, 2.45) is 0 Å². The third-order valence-electron chi connectivity index (χ3n) is 5.52. The van der Waals surface area contributed by atoms with Gasteiger partial charge in [-0.15, -0.1) is 0 Å². The van der Waals surface area contributed by atoms with Gasteiger partial charge in [0.15, 0.2) is 0 Å². The Morgan fingerprint density at radius 3 is 2.53 bits per heavy atom. The van der Waals surface area contributed by atoms with Crippen LogP contribution >= 0.6 is 11.6 Å². The van der Waals surface area contributed by atoms with Gasteiger partial charge >= 0.3 is 6.03 Å². The van der Waals surface area contributed by atoms with Crippen LogP contribution in [-0.2, 0) is 6.42 Å². The normalized spacial score (nSPS) is 13.9. The van der Waals surface area contributed by atoms with Crippen molar-refractivity contribution in [1.82, 2.24) is 14.9 Å². The van der Waals surface area contributed by atoms with Gasteiger partial charge in [0.1, 0.15) is 17.5 Å². The Hall–Kier alpha value is -3.19. The predicted octanol–water partition coefficient (Wildman–Crippen LogP) is 4.83. The van der Waals surface area contributed by atoms with Crippen LogP contribution in [0.25, 0.3) is 0 Å². The average molecular weight is 454 g/mol. The van der Waals surface area contributed by atoms with E-state index in [2.05, 4.69) is 15.2 Å². The highest BCUT2D eigenvalue weighted by molar-refractivity contribution is 6.30. The fourth-order valence-corrected chi connectivity index (χ4v) is 4.12. The number of benzene rings is 2. The monoisotopic (exact) mass is 453 g/mol. The van der Waals surface area contributed by atoms with E-state index in [0.717, 1.165) is 22.6 Å². The van der Waals surface area contributed by atoms with Crippen LogP contribution in [0, 0.1) is 19.7 Å². The minimum absolute atomic E-state index is 0.151. The number of aryl methyl sites for hydroxylation is 2. The quantitative estimate of drug-likeness (QED) is 0.614. The number of urea groups is 1. The summed E-state index contributed by atoms with van der Waals surface area (Å²) in [6.45, 7) is 6.25. The SMILES string of the molecule is Cc1nc(C)c(Cc2cccc(F)c2)c(N2CCN(C(=O)Nc3cccc(Cl)c3)CC2)n1. The lowest BCUT2D eigenvalue weighted by Gasteiger charge is -2.36. The van der Waals surface area contributed by atoms with Crippen LogP contribution in [0.5, 0.6) is 0 Å². The first-order valence-corrected chi connectivity index (χ1v) is 10.9. The molecule has 1 fully saturated rings. The Bertz CT molecular complexity index is 1130. The number of piperazine rings is 1. The highest BCUT2D eigenvalue weighted by atomic mass is 35.5. The summed E-state index contributed by atoms with van der Waals surface area (Å²) in [5, 5.41) is 3.47. The minimum atomic E-state index is -0.255. The molecule has 1 aliphatic rings. The van der Waals surface area contributed by atoms with Crippen molar-refractivity contribution < 1.29 is 9.18 Å². The smallest absolute Gasteiger partial charge is 0.321 e. The van der Waals surface area contributed by atoms with Gasteiger partial charge in [-0.3, -0.25) is 0 Å². The average Bonchev–Trinajstić information content (AvgIpc) is 2.75. The van der Waals surface area contributed by atoms with Gasteiger partial charge in [0.25, 0.3) is 0 Å². The summed E-state index contributed by atoms with van der Waals surface area (Å²) in [6.07, 6.45) is 0.550. The molecule has 8 heteroatoms. The predicted molar refractivity (Wildman–Crippen MR) is 125 cm³/mol. The molecule has 1 aliphatic heterocycles. The molecular formula is C24H25ClFN5O. The number of halogens is 2. The molecule has 0 saturated carbocycles. The molecule has 0 atom stereocenters. The van der Waals surface area contributed by atoms with Crippen molar-refractivity contribution in [2.75, 3.05) is 36.4 Å². The van der Waals surface area contributed by atoms with Crippen molar-refractivity contribution in [2.45, 2.75) is 20.3 Å². The van der Waals surface area contributed by atoms with Gasteiger partial charge in [-0.1, -0.05) is 29.8 Å². The lowest BCUT2D eigenvalue weighted by atomic mass is 10.0. The van der Waals surface area contributed by atoms with Gasteiger partial charge < -0.3 is 15.1 Å². The molecule has 2 heterocycles. The van der Waals surface area contributed by atoms with Crippen molar-refractivity contribution in [3.63, 3.8) is 0 Å². The summed E-state index contributed by atoms with van der Waals surface area (Å²) in [5.74, 6) is 1.30. The number of hydrogen-bond donors (Lipinski definition) is 1. The first-order chi connectivity index (χ1) is 15.4. The third kappa shape index (κ3) is 5.16. The number of carbonyl (C=O) groups is 1. The number of amides is 2. The van der Waals surface area contributed by atoms with Crippen LogP contribution < -0.4 is 10.2 Å². The maximum atomic E-state index is 13.7. The molecule has 1 aromatic heterocycles. The number of nitrogens with one attached hydrogen (secondary N) is 1. The van der Waals surface area contributed by atoms with E-state index in [0.29, 0.717) is 49.1 Å². The molecule has 1 N–H and O–H groups in total. The zero-order chi connectivity index (χ0) is 22.7. The molecule has 2 aromatic carbocycles. The van der Waals surface area contributed by atoms with Crippen LogP contribution in [0.4, 0.5) is 20.7 Å². The van der Waals surface area contributed by atoms with Crippen LogP contribution in [-0.4, -0.2) is 47.1 Å². The van der Waals surface area contributed by atoms with E-state index >= 15 is 0 Å². The Morgan fingerprint density at radius 2 is 1.81 bits per heavy atom. The summed E-state index contributed by atoms with van der Waals surface area (Å²) in [4.78, 5) is 25.9. The standard InChI is InChI=1S/C24H25ClFN5O/c1-16-22(14-18-5-3-7-20(26)13-18)23(28-17(2)27-16)30-9-11-31(12-10-30)24(32)29-21-8-4-6-19(25)15-21/h3-8,13,15H,9-12,14H2,1-2H3,(H,29,32). The molecule has 166 valence electrons. The molecule has 0 spiro atoms. The van der Waals surface area contributed by atoms with Gasteiger partial charge in [-0.25, -0.2) is 19.2 Å². The van der Waals surface area contributed by atoms with Gasteiger partial charge in [0.2, 0.25) is 0 Å². The van der Waals surface area contributed by atoms with Crippen LogP contribution in [0.3, 0.4) is 0 Å². The van der Waals surface area contributed by atoms with E-state index < -0.39 is 0 Å². The Labute approximate surface area is 192 Å². The fourth-order valence-electron chi connectivity index (χ4n) is 3.93. The molecule has 1 saturated heterocycles. The van der Waals surface area contributed by atoms with Gasteiger partial charge in [-0.05, 0) is 49.7 Å². The second kappa shape index (κ2) is 9.53. The van der Waals surface area contributed by atoms with E-state index in [1.807, 2.05) is 26.0 Å². The molecular weight excluding hydrogens is 429 g/mol. The maximum Gasteiger partial charge on any atom is 0.321 e. The van der Waals surface area contributed by atoms with Crippen molar-refractivity contribution >= 4 is 29.1 Å². The van der Waals surface area contributed by atoms with E-state index in [-0.39, 0.29) is 11.8 Å². The molecule has 2 amide bonds. The lowest BCUT2D eigenvalue weighted by molar-refractivity contribution is 0.208. The summed E-state index contributed by atoms with van der Waals surface area (Å²) >= 11 is 6.00. The Morgan fingerprint density at radius 1 is 1.06 bits per heavy atom. The summed E-state index contributed by atoms with van der Waals surface area (Å²) in [7, 11) is 0. The zero-order valence-corrected chi connectivity index (χ0v) is 18.9. The molecule has 6 nitrogen and oxygen atoms in total. The maximum absolute atomic E-state index is 13.7. The van der Waals surface area contributed by atoms with Gasteiger partial charge in [0.05, 0.1) is 0 Å². The zero-order valence-electron chi connectivity index (χ0n) is 18.1. The number of rotatable bonds is 4. The number of anilines is 2. The first kappa shape index (κ1) is 22.0.